The number of rotatable bonds is 4. The number of piperazine rings is 1. The second-order valence-corrected chi connectivity index (χ2v) is 9.29. The number of benzene rings is 2. The lowest BCUT2D eigenvalue weighted by Gasteiger charge is -2.38. The first-order valence-electron chi connectivity index (χ1n) is 11.9. The smallest absolute Gasteiger partial charge is 0.241 e. The van der Waals surface area contributed by atoms with E-state index >= 15 is 0 Å². The van der Waals surface area contributed by atoms with Gasteiger partial charge in [-0.15, -0.1) is 0 Å². The Bertz CT molecular complexity index is 1310. The molecule has 2 aliphatic heterocycles. The van der Waals surface area contributed by atoms with Gasteiger partial charge in [0.25, 0.3) is 0 Å². The van der Waals surface area contributed by atoms with Crippen molar-refractivity contribution in [2.45, 2.75) is 26.8 Å². The number of halogens is 1. The zero-order chi connectivity index (χ0) is 24.7. The van der Waals surface area contributed by atoms with Crippen LogP contribution in [0.4, 0.5) is 21.6 Å². The summed E-state index contributed by atoms with van der Waals surface area (Å²) in [5, 5.41) is 3.13. The Balaban J connectivity index is 1.43. The standard InChI is InChI=1S/C27H30FN7/c1-16(2)34-11-13-35(14-12-34)21-8-5-19(6-9-21)24-26(28)33-27(29)25(32-24)20-7-10-22-17(3)30-18(4)31-23(22)15-20/h5-10,15-16H,3,11-14H2,1-2,4H3,(H2,29,33)(H,30,31). The number of aliphatic imine (C=N–C) groups is 1. The number of nitrogens with two attached hydrogens (primary N) is 1. The lowest BCUT2D eigenvalue weighted by Crippen LogP contribution is -2.48. The summed E-state index contributed by atoms with van der Waals surface area (Å²) in [6, 6.07) is 14.1. The molecule has 0 saturated carbocycles. The van der Waals surface area contributed by atoms with E-state index in [4.69, 9.17) is 5.73 Å². The third kappa shape index (κ3) is 4.49. The van der Waals surface area contributed by atoms with Gasteiger partial charge in [-0.05, 0) is 39.0 Å². The first-order chi connectivity index (χ1) is 16.8. The quantitative estimate of drug-likeness (QED) is 0.575. The summed E-state index contributed by atoms with van der Waals surface area (Å²) in [7, 11) is 0. The summed E-state index contributed by atoms with van der Waals surface area (Å²) in [5.41, 5.74) is 11.6. The summed E-state index contributed by atoms with van der Waals surface area (Å²) in [6.07, 6.45) is 0. The Labute approximate surface area is 205 Å². The minimum Gasteiger partial charge on any atom is -0.382 e. The van der Waals surface area contributed by atoms with Crippen molar-refractivity contribution in [2.24, 2.45) is 4.99 Å². The Morgan fingerprint density at radius 1 is 0.971 bits per heavy atom. The van der Waals surface area contributed by atoms with Crippen LogP contribution in [0.15, 0.2) is 54.0 Å². The fourth-order valence-corrected chi connectivity index (χ4v) is 4.67. The lowest BCUT2D eigenvalue weighted by molar-refractivity contribution is 0.209. The van der Waals surface area contributed by atoms with E-state index in [1.54, 1.807) is 0 Å². The van der Waals surface area contributed by atoms with E-state index in [0.717, 1.165) is 60.2 Å². The Kier molecular flexibility index (Phi) is 5.98. The summed E-state index contributed by atoms with van der Waals surface area (Å²) in [5.74, 6) is 0.109. The molecule has 0 bridgehead atoms. The van der Waals surface area contributed by atoms with Gasteiger partial charge in [0.2, 0.25) is 5.95 Å². The maximum atomic E-state index is 14.9. The number of aromatic nitrogens is 2. The van der Waals surface area contributed by atoms with Crippen molar-refractivity contribution in [3.05, 3.63) is 60.6 Å². The van der Waals surface area contributed by atoms with Crippen LogP contribution in [0.1, 0.15) is 26.3 Å². The molecule has 0 atom stereocenters. The molecule has 0 spiro atoms. The molecule has 8 heteroatoms. The third-order valence-corrected chi connectivity index (χ3v) is 6.65. The van der Waals surface area contributed by atoms with Crippen LogP contribution in [0, 0.1) is 5.95 Å². The molecule has 2 aromatic carbocycles. The first kappa shape index (κ1) is 23.0. The number of hydrogen-bond acceptors (Lipinski definition) is 7. The van der Waals surface area contributed by atoms with Gasteiger partial charge >= 0.3 is 0 Å². The summed E-state index contributed by atoms with van der Waals surface area (Å²) in [6.45, 7) is 14.4. The SMILES string of the molecule is C=C1NC(C)=Nc2cc(-c3nc(-c4ccc(N5CCN(C(C)C)CC5)cc4)c(F)nc3N)ccc21. The topological polar surface area (TPSA) is 82.7 Å². The normalized spacial score (nSPS) is 16.2. The van der Waals surface area contributed by atoms with Crippen LogP contribution in [-0.2, 0) is 0 Å². The van der Waals surface area contributed by atoms with Gasteiger partial charge in [-0.25, -0.2) is 9.98 Å². The highest BCUT2D eigenvalue weighted by Gasteiger charge is 2.21. The molecule has 2 aliphatic rings. The molecule has 7 nitrogen and oxygen atoms in total. The number of anilines is 2. The van der Waals surface area contributed by atoms with Gasteiger partial charge in [-0.2, -0.15) is 9.37 Å². The molecular weight excluding hydrogens is 441 g/mol. The van der Waals surface area contributed by atoms with Crippen LogP contribution in [0.2, 0.25) is 0 Å². The van der Waals surface area contributed by atoms with Gasteiger partial charge in [0.05, 0.1) is 5.69 Å². The van der Waals surface area contributed by atoms with Gasteiger partial charge in [0, 0.05) is 60.3 Å². The van der Waals surface area contributed by atoms with Crippen LogP contribution < -0.4 is 16.0 Å². The largest absolute Gasteiger partial charge is 0.382 e. The van der Waals surface area contributed by atoms with E-state index in [-0.39, 0.29) is 11.5 Å². The molecule has 1 aromatic heterocycles. The monoisotopic (exact) mass is 471 g/mol. The highest BCUT2D eigenvalue weighted by molar-refractivity contribution is 5.97. The molecule has 0 aliphatic carbocycles. The predicted molar refractivity (Wildman–Crippen MR) is 141 cm³/mol. The molecule has 0 unspecified atom stereocenters. The van der Waals surface area contributed by atoms with Crippen molar-refractivity contribution in [1.29, 1.82) is 0 Å². The van der Waals surface area contributed by atoms with E-state index in [9.17, 15) is 4.39 Å². The third-order valence-electron chi connectivity index (χ3n) is 6.65. The van der Waals surface area contributed by atoms with Crippen LogP contribution >= 0.6 is 0 Å². The molecule has 35 heavy (non-hydrogen) atoms. The van der Waals surface area contributed by atoms with Crippen molar-refractivity contribution in [2.75, 3.05) is 36.8 Å². The highest BCUT2D eigenvalue weighted by atomic mass is 19.1. The van der Waals surface area contributed by atoms with Crippen molar-refractivity contribution in [3.63, 3.8) is 0 Å². The molecule has 0 amide bonds. The van der Waals surface area contributed by atoms with Gasteiger partial charge in [-0.3, -0.25) is 4.90 Å². The molecule has 3 aromatic rings. The first-order valence-corrected chi connectivity index (χ1v) is 11.9. The zero-order valence-corrected chi connectivity index (χ0v) is 20.3. The predicted octanol–water partition coefficient (Wildman–Crippen LogP) is 4.69. The van der Waals surface area contributed by atoms with E-state index in [0.29, 0.717) is 17.3 Å². The van der Waals surface area contributed by atoms with E-state index in [1.165, 1.54) is 0 Å². The average molecular weight is 472 g/mol. The number of hydrogen-bond donors (Lipinski definition) is 2. The van der Waals surface area contributed by atoms with E-state index in [1.807, 2.05) is 49.4 Å². The molecule has 5 rings (SSSR count). The second kappa shape index (κ2) is 9.11. The molecule has 180 valence electrons. The Morgan fingerprint density at radius 3 is 2.34 bits per heavy atom. The molecule has 0 radical (unpaired) electrons. The summed E-state index contributed by atoms with van der Waals surface area (Å²) >= 11 is 0. The second-order valence-electron chi connectivity index (χ2n) is 9.29. The fourth-order valence-electron chi connectivity index (χ4n) is 4.67. The minimum atomic E-state index is -0.686. The van der Waals surface area contributed by atoms with Crippen molar-refractivity contribution >= 4 is 28.7 Å². The van der Waals surface area contributed by atoms with E-state index < -0.39 is 5.95 Å². The molecule has 1 fully saturated rings. The Hall–Kier alpha value is -3.78. The number of amidine groups is 1. The van der Waals surface area contributed by atoms with Gasteiger partial charge < -0.3 is 16.0 Å². The number of fused-ring (bicyclic) bond motifs is 1. The van der Waals surface area contributed by atoms with Crippen LogP contribution in [0.5, 0.6) is 0 Å². The van der Waals surface area contributed by atoms with Crippen LogP contribution in [-0.4, -0.2) is 52.9 Å². The fraction of sp³-hybridized carbons (Fsp3) is 0.296. The van der Waals surface area contributed by atoms with Crippen molar-refractivity contribution in [3.8, 4) is 22.5 Å². The van der Waals surface area contributed by atoms with Crippen LogP contribution in [0.3, 0.4) is 0 Å². The lowest BCUT2D eigenvalue weighted by atomic mass is 10.0. The number of nitrogens with zero attached hydrogens (tertiary/aromatic N) is 5. The van der Waals surface area contributed by atoms with Gasteiger partial charge in [0.15, 0.2) is 5.82 Å². The summed E-state index contributed by atoms with van der Waals surface area (Å²) < 4.78 is 14.9. The molecule has 3 N–H and O–H groups in total. The number of nitrogen functional groups attached to an aromatic ring is 1. The maximum absolute atomic E-state index is 14.9. The highest BCUT2D eigenvalue weighted by Crippen LogP contribution is 2.35. The molecule has 3 heterocycles. The van der Waals surface area contributed by atoms with Gasteiger partial charge in [0.1, 0.15) is 17.2 Å². The number of nitrogens with one attached hydrogen (secondary N) is 1. The maximum Gasteiger partial charge on any atom is 0.241 e. The Morgan fingerprint density at radius 2 is 1.66 bits per heavy atom. The minimum absolute atomic E-state index is 0.0410. The average Bonchev–Trinajstić information content (AvgIpc) is 2.84. The molecular formula is C27H30FN7. The van der Waals surface area contributed by atoms with Crippen molar-refractivity contribution in [1.82, 2.24) is 20.2 Å². The van der Waals surface area contributed by atoms with Crippen molar-refractivity contribution < 1.29 is 4.39 Å². The molecule has 1 saturated heterocycles. The van der Waals surface area contributed by atoms with E-state index in [2.05, 4.69) is 50.5 Å². The zero-order valence-electron chi connectivity index (χ0n) is 20.3. The summed E-state index contributed by atoms with van der Waals surface area (Å²) in [4.78, 5) is 18.0. The van der Waals surface area contributed by atoms with Gasteiger partial charge in [-0.1, -0.05) is 30.8 Å². The van der Waals surface area contributed by atoms with Crippen LogP contribution in [0.25, 0.3) is 28.2 Å².